The molecule has 4 nitrogen and oxygen atoms in total. The number of halogens is 2. The van der Waals surface area contributed by atoms with Gasteiger partial charge >= 0.3 is 5.97 Å². The van der Waals surface area contributed by atoms with Gasteiger partial charge in [0.2, 0.25) is 11.2 Å². The first kappa shape index (κ1) is 19.2. The van der Waals surface area contributed by atoms with Crippen LogP contribution in [0.3, 0.4) is 0 Å². The Morgan fingerprint density at radius 1 is 0.897 bits per heavy atom. The summed E-state index contributed by atoms with van der Waals surface area (Å²) in [5, 5.41) is 1.36. The zero-order valence-corrected chi connectivity index (χ0v) is 16.8. The molecule has 0 aliphatic rings. The van der Waals surface area contributed by atoms with Crippen molar-refractivity contribution in [3.8, 4) is 17.1 Å². The van der Waals surface area contributed by atoms with Crippen molar-refractivity contribution in [3.05, 3.63) is 98.1 Å². The number of hydrogen-bond acceptors (Lipinski definition) is 4. The number of rotatable bonds is 3. The second kappa shape index (κ2) is 7.74. The first-order valence-electron chi connectivity index (χ1n) is 8.73. The standard InChI is InChI=1S/C23H14Cl2O4/c1-13-2-11-19-18(12-13)20(26)22(21(28-19)14-3-7-16(24)8-4-14)29-23(27)15-5-9-17(25)10-6-15/h2-12H,1H3. The fourth-order valence-electron chi connectivity index (χ4n) is 2.91. The molecule has 4 rings (SSSR count). The Morgan fingerprint density at radius 3 is 2.17 bits per heavy atom. The molecule has 0 N–H and O–H groups in total. The second-order valence-electron chi connectivity index (χ2n) is 6.49. The SMILES string of the molecule is Cc1ccc2oc(-c3ccc(Cl)cc3)c(OC(=O)c3ccc(Cl)cc3)c(=O)c2c1. The van der Waals surface area contributed by atoms with Crippen molar-refractivity contribution in [3.63, 3.8) is 0 Å². The molecule has 0 spiro atoms. The Morgan fingerprint density at radius 2 is 1.52 bits per heavy atom. The number of ether oxygens (including phenoxy) is 1. The van der Waals surface area contributed by atoms with E-state index in [-0.39, 0.29) is 17.1 Å². The molecule has 6 heteroatoms. The topological polar surface area (TPSA) is 56.5 Å². The fourth-order valence-corrected chi connectivity index (χ4v) is 3.17. The van der Waals surface area contributed by atoms with E-state index in [4.69, 9.17) is 32.4 Å². The van der Waals surface area contributed by atoms with Gasteiger partial charge in [-0.2, -0.15) is 0 Å². The molecule has 4 aromatic rings. The Kier molecular flexibility index (Phi) is 5.14. The van der Waals surface area contributed by atoms with Gasteiger partial charge in [0.15, 0.2) is 5.76 Å². The Labute approximate surface area is 176 Å². The molecule has 1 aromatic heterocycles. The van der Waals surface area contributed by atoms with Crippen molar-refractivity contribution in [1.29, 1.82) is 0 Å². The molecule has 0 aliphatic carbocycles. The van der Waals surface area contributed by atoms with Crippen LogP contribution in [0.15, 0.2) is 75.9 Å². The molecule has 0 saturated heterocycles. The third kappa shape index (κ3) is 3.90. The second-order valence-corrected chi connectivity index (χ2v) is 7.37. The van der Waals surface area contributed by atoms with Gasteiger partial charge in [-0.25, -0.2) is 4.79 Å². The van der Waals surface area contributed by atoms with Gasteiger partial charge in [0.05, 0.1) is 10.9 Å². The highest BCUT2D eigenvalue weighted by Crippen LogP contribution is 2.32. The lowest BCUT2D eigenvalue weighted by molar-refractivity contribution is 0.0731. The number of fused-ring (bicyclic) bond motifs is 1. The number of benzene rings is 3. The van der Waals surface area contributed by atoms with Crippen molar-refractivity contribution in [1.82, 2.24) is 0 Å². The molecule has 0 saturated carbocycles. The maximum atomic E-state index is 13.2. The molecule has 29 heavy (non-hydrogen) atoms. The van der Waals surface area contributed by atoms with Crippen LogP contribution in [-0.4, -0.2) is 5.97 Å². The minimum atomic E-state index is -0.684. The summed E-state index contributed by atoms with van der Waals surface area (Å²) in [5.41, 5.74) is 1.69. The van der Waals surface area contributed by atoms with Gasteiger partial charge in [-0.05, 0) is 67.6 Å². The zero-order chi connectivity index (χ0) is 20.5. The van der Waals surface area contributed by atoms with Gasteiger partial charge in [0.25, 0.3) is 0 Å². The van der Waals surface area contributed by atoms with E-state index < -0.39 is 11.4 Å². The number of carbonyl (C=O) groups excluding carboxylic acids is 1. The molecule has 1 heterocycles. The lowest BCUT2D eigenvalue weighted by Crippen LogP contribution is -2.16. The normalized spacial score (nSPS) is 10.9. The van der Waals surface area contributed by atoms with Crippen molar-refractivity contribution >= 4 is 40.1 Å². The predicted molar refractivity (Wildman–Crippen MR) is 114 cm³/mol. The molecular weight excluding hydrogens is 411 g/mol. The monoisotopic (exact) mass is 424 g/mol. The van der Waals surface area contributed by atoms with E-state index in [1.165, 1.54) is 12.1 Å². The minimum absolute atomic E-state index is 0.158. The van der Waals surface area contributed by atoms with Gasteiger partial charge in [0.1, 0.15) is 5.58 Å². The lowest BCUT2D eigenvalue weighted by atomic mass is 10.1. The van der Waals surface area contributed by atoms with Crippen molar-refractivity contribution in [2.75, 3.05) is 0 Å². The summed E-state index contributed by atoms with van der Waals surface area (Å²) in [6.07, 6.45) is 0. The zero-order valence-electron chi connectivity index (χ0n) is 15.2. The maximum absolute atomic E-state index is 13.2. The van der Waals surface area contributed by atoms with E-state index in [0.717, 1.165) is 5.56 Å². The van der Waals surface area contributed by atoms with E-state index in [2.05, 4.69) is 0 Å². The van der Waals surface area contributed by atoms with E-state index in [9.17, 15) is 9.59 Å². The molecule has 0 amide bonds. The van der Waals surface area contributed by atoms with E-state index >= 15 is 0 Å². The summed E-state index contributed by atoms with van der Waals surface area (Å²) in [5.74, 6) is -0.702. The van der Waals surface area contributed by atoms with Crippen LogP contribution in [-0.2, 0) is 0 Å². The van der Waals surface area contributed by atoms with Crippen molar-refractivity contribution in [2.45, 2.75) is 6.92 Å². The summed E-state index contributed by atoms with van der Waals surface area (Å²) >= 11 is 11.8. The highest BCUT2D eigenvalue weighted by Gasteiger charge is 2.21. The summed E-state index contributed by atoms with van der Waals surface area (Å²) in [4.78, 5) is 25.8. The van der Waals surface area contributed by atoms with Crippen molar-refractivity contribution in [2.24, 2.45) is 0 Å². The Bertz CT molecular complexity index is 1270. The van der Waals surface area contributed by atoms with Crippen LogP contribution in [0.2, 0.25) is 10.0 Å². The van der Waals surface area contributed by atoms with Gasteiger partial charge < -0.3 is 9.15 Å². The largest absolute Gasteiger partial charge is 0.452 e. The number of esters is 1. The Hall–Kier alpha value is -3.08. The molecule has 0 radical (unpaired) electrons. The van der Waals surface area contributed by atoms with Crippen LogP contribution in [0.5, 0.6) is 5.75 Å². The molecular formula is C23H14Cl2O4. The quantitative estimate of drug-likeness (QED) is 0.362. The number of aryl methyl sites for hydroxylation is 1. The first-order valence-corrected chi connectivity index (χ1v) is 9.49. The van der Waals surface area contributed by atoms with Crippen LogP contribution in [0.25, 0.3) is 22.3 Å². The van der Waals surface area contributed by atoms with Crippen LogP contribution in [0.1, 0.15) is 15.9 Å². The summed E-state index contributed by atoms with van der Waals surface area (Å²) < 4.78 is 11.5. The molecule has 0 atom stereocenters. The molecule has 3 aromatic carbocycles. The lowest BCUT2D eigenvalue weighted by Gasteiger charge is -2.11. The number of carbonyl (C=O) groups is 1. The predicted octanol–water partition coefficient (Wildman–Crippen LogP) is 6.29. The smallest absolute Gasteiger partial charge is 0.343 e. The molecule has 0 bridgehead atoms. The van der Waals surface area contributed by atoms with E-state index in [1.54, 1.807) is 48.5 Å². The molecule has 0 aliphatic heterocycles. The molecule has 144 valence electrons. The first-order chi connectivity index (χ1) is 13.9. The average Bonchev–Trinajstić information content (AvgIpc) is 2.71. The summed E-state index contributed by atoms with van der Waals surface area (Å²) in [6, 6.07) is 18.2. The molecule has 0 fully saturated rings. The third-order valence-electron chi connectivity index (χ3n) is 4.39. The average molecular weight is 425 g/mol. The van der Waals surface area contributed by atoms with E-state index in [1.807, 2.05) is 13.0 Å². The van der Waals surface area contributed by atoms with E-state index in [0.29, 0.717) is 26.6 Å². The van der Waals surface area contributed by atoms with Crippen LogP contribution in [0, 0.1) is 6.92 Å². The maximum Gasteiger partial charge on any atom is 0.343 e. The van der Waals surface area contributed by atoms with Crippen LogP contribution >= 0.6 is 23.2 Å². The fraction of sp³-hybridized carbons (Fsp3) is 0.0435. The van der Waals surface area contributed by atoms with Gasteiger partial charge in [-0.15, -0.1) is 0 Å². The minimum Gasteiger partial charge on any atom is -0.452 e. The highest BCUT2D eigenvalue weighted by molar-refractivity contribution is 6.31. The van der Waals surface area contributed by atoms with Gasteiger partial charge in [0, 0.05) is 15.6 Å². The van der Waals surface area contributed by atoms with Crippen LogP contribution < -0.4 is 10.2 Å². The van der Waals surface area contributed by atoms with Crippen molar-refractivity contribution < 1.29 is 13.9 Å². The highest BCUT2D eigenvalue weighted by atomic mass is 35.5. The van der Waals surface area contributed by atoms with Crippen LogP contribution in [0.4, 0.5) is 0 Å². The molecule has 0 unspecified atom stereocenters. The van der Waals surface area contributed by atoms with Gasteiger partial charge in [-0.3, -0.25) is 4.79 Å². The Balaban J connectivity index is 1.89. The third-order valence-corrected chi connectivity index (χ3v) is 4.89. The van der Waals surface area contributed by atoms with Gasteiger partial charge in [-0.1, -0.05) is 34.8 Å². The summed E-state index contributed by atoms with van der Waals surface area (Å²) in [6.45, 7) is 1.87. The summed E-state index contributed by atoms with van der Waals surface area (Å²) in [7, 11) is 0. The number of hydrogen-bond donors (Lipinski definition) is 0.